The lowest BCUT2D eigenvalue weighted by Gasteiger charge is -2.26. The zero-order chi connectivity index (χ0) is 14.4. The molecule has 6 heteroatoms. The van der Waals surface area contributed by atoms with Gasteiger partial charge in [-0.2, -0.15) is 0 Å². The summed E-state index contributed by atoms with van der Waals surface area (Å²) in [6.07, 6.45) is 0.464. The van der Waals surface area contributed by atoms with Gasteiger partial charge in [0, 0.05) is 38.2 Å². The van der Waals surface area contributed by atoms with Gasteiger partial charge in [-0.3, -0.25) is 4.79 Å². The summed E-state index contributed by atoms with van der Waals surface area (Å²) in [5.74, 6) is 0.921. The Morgan fingerprint density at radius 1 is 1.48 bits per heavy atom. The largest absolute Gasteiger partial charge is 0.496 e. The predicted molar refractivity (Wildman–Crippen MR) is 83.9 cm³/mol. The maximum atomic E-state index is 12.2. The smallest absolute Gasteiger partial charge is 0.224 e. The molecule has 0 spiro atoms. The molecule has 0 radical (unpaired) electrons. The van der Waals surface area contributed by atoms with Gasteiger partial charge < -0.3 is 19.7 Å². The number of amides is 1. The molecule has 0 saturated carbocycles. The molecule has 1 aromatic rings. The van der Waals surface area contributed by atoms with Gasteiger partial charge in [-0.15, -0.1) is 12.4 Å². The molecule has 1 amide bonds. The second-order valence-electron chi connectivity index (χ2n) is 4.99. The number of para-hydroxylation sites is 1. The number of nitrogens with one attached hydrogen (secondary N) is 1. The van der Waals surface area contributed by atoms with E-state index in [0.717, 1.165) is 24.5 Å². The molecule has 1 saturated heterocycles. The summed E-state index contributed by atoms with van der Waals surface area (Å²) in [7, 11) is 3.46. The van der Waals surface area contributed by atoms with Gasteiger partial charge in [0.25, 0.3) is 0 Å². The van der Waals surface area contributed by atoms with Crippen LogP contribution in [0, 0.1) is 0 Å². The molecular formula is C15H23ClN2O3. The van der Waals surface area contributed by atoms with Crippen molar-refractivity contribution in [3.8, 4) is 5.75 Å². The number of ether oxygens (including phenoxy) is 2. The van der Waals surface area contributed by atoms with Gasteiger partial charge in [-0.1, -0.05) is 18.2 Å². The molecule has 118 valence electrons. The van der Waals surface area contributed by atoms with Gasteiger partial charge in [-0.05, 0) is 6.07 Å². The highest BCUT2D eigenvalue weighted by Gasteiger charge is 2.19. The van der Waals surface area contributed by atoms with Crippen molar-refractivity contribution in [3.05, 3.63) is 29.8 Å². The van der Waals surface area contributed by atoms with Crippen LogP contribution in [-0.2, 0) is 16.1 Å². The number of nitrogens with zero attached hydrogens (tertiary/aromatic N) is 1. The molecule has 5 nitrogen and oxygen atoms in total. The van der Waals surface area contributed by atoms with Gasteiger partial charge in [0.1, 0.15) is 5.75 Å². The minimum atomic E-state index is 0. The summed E-state index contributed by atoms with van der Waals surface area (Å²) in [6, 6.07) is 7.88. The first-order valence-electron chi connectivity index (χ1n) is 6.87. The van der Waals surface area contributed by atoms with Crippen LogP contribution in [-0.4, -0.2) is 50.8 Å². The maximum Gasteiger partial charge on any atom is 0.224 e. The summed E-state index contributed by atoms with van der Waals surface area (Å²) in [4.78, 5) is 13.9. The first-order valence-corrected chi connectivity index (χ1v) is 6.87. The topological polar surface area (TPSA) is 50.8 Å². The van der Waals surface area contributed by atoms with Crippen LogP contribution in [0.2, 0.25) is 0 Å². The van der Waals surface area contributed by atoms with Crippen LogP contribution < -0.4 is 10.1 Å². The molecule has 1 aliphatic rings. The van der Waals surface area contributed by atoms with Crippen LogP contribution in [0.5, 0.6) is 5.75 Å². The Bertz CT molecular complexity index is 450. The zero-order valence-electron chi connectivity index (χ0n) is 12.5. The molecule has 1 N–H and O–H groups in total. The van der Waals surface area contributed by atoms with E-state index in [4.69, 9.17) is 9.47 Å². The van der Waals surface area contributed by atoms with E-state index >= 15 is 0 Å². The lowest BCUT2D eigenvalue weighted by molar-refractivity contribution is -0.131. The standard InChI is InChI=1S/C15H22N2O3.ClH/c1-17(10-12-5-3-4-6-14(12)19-2)15(18)9-13-11-20-8-7-16-13;/h3-6,13,16H,7-11H2,1-2H3;1H. The van der Waals surface area contributed by atoms with E-state index in [0.29, 0.717) is 19.6 Å². The number of halogens is 1. The molecular weight excluding hydrogens is 292 g/mol. The van der Waals surface area contributed by atoms with E-state index in [9.17, 15) is 4.79 Å². The molecule has 0 aliphatic carbocycles. The first-order chi connectivity index (χ1) is 9.70. The quantitative estimate of drug-likeness (QED) is 0.894. The van der Waals surface area contributed by atoms with Crippen molar-refractivity contribution in [2.24, 2.45) is 0 Å². The molecule has 21 heavy (non-hydrogen) atoms. The van der Waals surface area contributed by atoms with E-state index < -0.39 is 0 Å². The Balaban J connectivity index is 0.00000220. The van der Waals surface area contributed by atoms with Gasteiger partial charge in [0.15, 0.2) is 0 Å². The van der Waals surface area contributed by atoms with Crippen LogP contribution in [0.25, 0.3) is 0 Å². The molecule has 1 aromatic carbocycles. The van der Waals surface area contributed by atoms with Gasteiger partial charge in [-0.25, -0.2) is 0 Å². The Labute approximate surface area is 132 Å². The Morgan fingerprint density at radius 2 is 2.24 bits per heavy atom. The second kappa shape index (κ2) is 8.87. The number of morpholine rings is 1. The number of methoxy groups -OCH3 is 1. The summed E-state index contributed by atoms with van der Waals surface area (Å²) in [5, 5.41) is 3.29. The van der Waals surface area contributed by atoms with E-state index in [-0.39, 0.29) is 24.4 Å². The molecule has 0 aromatic heterocycles. The number of hydrogen-bond acceptors (Lipinski definition) is 4. The van der Waals surface area contributed by atoms with Crippen LogP contribution in [0.3, 0.4) is 0 Å². The summed E-state index contributed by atoms with van der Waals surface area (Å²) < 4.78 is 10.7. The van der Waals surface area contributed by atoms with Crippen molar-refractivity contribution in [2.75, 3.05) is 33.9 Å². The van der Waals surface area contributed by atoms with Crippen LogP contribution >= 0.6 is 12.4 Å². The average Bonchev–Trinajstić information content (AvgIpc) is 2.48. The van der Waals surface area contributed by atoms with Crippen LogP contribution in [0.4, 0.5) is 0 Å². The number of hydrogen-bond donors (Lipinski definition) is 1. The van der Waals surface area contributed by atoms with E-state index in [1.807, 2.05) is 31.3 Å². The Kier molecular flexibility index (Phi) is 7.50. The fourth-order valence-corrected chi connectivity index (χ4v) is 2.29. The second-order valence-corrected chi connectivity index (χ2v) is 4.99. The highest BCUT2D eigenvalue weighted by molar-refractivity contribution is 5.85. The normalized spacial score (nSPS) is 17.7. The molecule has 1 unspecified atom stereocenters. The third-order valence-corrected chi connectivity index (χ3v) is 3.45. The molecule has 1 aliphatic heterocycles. The number of carbonyl (C=O) groups excluding carboxylic acids is 1. The van der Waals surface area contributed by atoms with Crippen LogP contribution in [0.15, 0.2) is 24.3 Å². The van der Waals surface area contributed by atoms with Crippen molar-refractivity contribution >= 4 is 18.3 Å². The molecule has 1 fully saturated rings. The Morgan fingerprint density at radius 3 is 2.90 bits per heavy atom. The fraction of sp³-hybridized carbons (Fsp3) is 0.533. The minimum absolute atomic E-state index is 0. The summed E-state index contributed by atoms with van der Waals surface area (Å²) in [5.41, 5.74) is 1.01. The summed E-state index contributed by atoms with van der Waals surface area (Å²) >= 11 is 0. The highest BCUT2D eigenvalue weighted by Crippen LogP contribution is 2.19. The molecule has 2 rings (SSSR count). The lowest BCUT2D eigenvalue weighted by atomic mass is 10.1. The van der Waals surface area contributed by atoms with Crippen molar-refractivity contribution < 1.29 is 14.3 Å². The third kappa shape index (κ3) is 5.19. The first kappa shape index (κ1) is 17.8. The Hall–Kier alpha value is -1.30. The lowest BCUT2D eigenvalue weighted by Crippen LogP contribution is -2.44. The number of benzene rings is 1. The minimum Gasteiger partial charge on any atom is -0.496 e. The maximum absolute atomic E-state index is 12.2. The third-order valence-electron chi connectivity index (χ3n) is 3.45. The van der Waals surface area contributed by atoms with E-state index in [1.54, 1.807) is 12.0 Å². The molecule has 1 heterocycles. The SMILES string of the molecule is COc1ccccc1CN(C)C(=O)CC1COCCN1.Cl. The van der Waals surface area contributed by atoms with E-state index in [2.05, 4.69) is 5.32 Å². The average molecular weight is 315 g/mol. The highest BCUT2D eigenvalue weighted by atomic mass is 35.5. The molecule has 1 atom stereocenters. The predicted octanol–water partition coefficient (Wildman–Crippen LogP) is 1.45. The molecule has 0 bridgehead atoms. The van der Waals surface area contributed by atoms with Crippen molar-refractivity contribution in [2.45, 2.75) is 19.0 Å². The van der Waals surface area contributed by atoms with Crippen molar-refractivity contribution in [1.29, 1.82) is 0 Å². The van der Waals surface area contributed by atoms with Gasteiger partial charge in [0.2, 0.25) is 5.91 Å². The number of rotatable bonds is 5. The monoisotopic (exact) mass is 314 g/mol. The van der Waals surface area contributed by atoms with Gasteiger partial charge in [0.05, 0.1) is 20.3 Å². The van der Waals surface area contributed by atoms with Crippen molar-refractivity contribution in [3.63, 3.8) is 0 Å². The van der Waals surface area contributed by atoms with E-state index in [1.165, 1.54) is 0 Å². The zero-order valence-corrected chi connectivity index (χ0v) is 13.3. The number of carbonyl (C=O) groups is 1. The fourth-order valence-electron chi connectivity index (χ4n) is 2.29. The van der Waals surface area contributed by atoms with Gasteiger partial charge >= 0.3 is 0 Å². The van der Waals surface area contributed by atoms with Crippen molar-refractivity contribution in [1.82, 2.24) is 10.2 Å². The summed E-state index contributed by atoms with van der Waals surface area (Å²) in [6.45, 7) is 2.70. The van der Waals surface area contributed by atoms with Crippen LogP contribution in [0.1, 0.15) is 12.0 Å².